The molecular formula is C28H29F2N5O4. The van der Waals surface area contributed by atoms with E-state index in [0.29, 0.717) is 25.5 Å². The van der Waals surface area contributed by atoms with Crippen LogP contribution in [0.3, 0.4) is 0 Å². The lowest BCUT2D eigenvalue weighted by Crippen LogP contribution is -2.54. The number of carbonyl (C=O) groups excluding carboxylic acids is 1. The molecule has 0 atom stereocenters. The molecule has 9 nitrogen and oxygen atoms in total. The summed E-state index contributed by atoms with van der Waals surface area (Å²) in [4.78, 5) is 18.7. The van der Waals surface area contributed by atoms with E-state index < -0.39 is 12.2 Å². The molecule has 1 amide bonds. The number of carbonyl (C=O) groups is 1. The number of nitrogens with zero attached hydrogens (tertiary/aromatic N) is 4. The highest BCUT2D eigenvalue weighted by Gasteiger charge is 2.31. The molecular weight excluding hydrogens is 508 g/mol. The Balaban J connectivity index is 1.38. The Morgan fingerprint density at radius 1 is 1.13 bits per heavy atom. The zero-order valence-electron chi connectivity index (χ0n) is 21.8. The minimum Gasteiger partial charge on any atom is -0.433 e. The summed E-state index contributed by atoms with van der Waals surface area (Å²) in [7, 11) is 1.58. The normalized spacial score (nSPS) is 14.1. The van der Waals surface area contributed by atoms with Crippen molar-refractivity contribution >= 4 is 28.2 Å². The van der Waals surface area contributed by atoms with Crippen LogP contribution in [0.15, 0.2) is 61.1 Å². The number of fused-ring (bicyclic) bond motifs is 1. The first-order chi connectivity index (χ1) is 18.6. The van der Waals surface area contributed by atoms with Crippen LogP contribution in [-0.4, -0.2) is 69.2 Å². The van der Waals surface area contributed by atoms with Crippen molar-refractivity contribution in [3.05, 3.63) is 66.6 Å². The van der Waals surface area contributed by atoms with Gasteiger partial charge in [-0.1, -0.05) is 12.1 Å². The van der Waals surface area contributed by atoms with E-state index in [0.717, 1.165) is 21.9 Å². The third-order valence-corrected chi connectivity index (χ3v) is 6.41. The number of hydrogen-bond acceptors (Lipinski definition) is 7. The molecule has 3 heterocycles. The highest BCUT2D eigenvalue weighted by atomic mass is 19.3. The molecule has 0 spiro atoms. The number of ether oxygens (including phenoxy) is 2. The van der Waals surface area contributed by atoms with Crippen LogP contribution >= 0.6 is 0 Å². The second kappa shape index (κ2) is 10.6. The van der Waals surface area contributed by atoms with E-state index in [1.807, 2.05) is 24.4 Å². The monoisotopic (exact) mass is 537 g/mol. The molecule has 0 radical (unpaired) electrons. The van der Waals surface area contributed by atoms with Crippen molar-refractivity contribution in [3.63, 3.8) is 0 Å². The molecule has 39 heavy (non-hydrogen) atoms. The Labute approximate surface area is 224 Å². The quantitative estimate of drug-likeness (QED) is 0.320. The maximum atomic E-state index is 13.2. The molecule has 1 aliphatic rings. The number of alkyl halides is 2. The maximum Gasteiger partial charge on any atom is 0.387 e. The average Bonchev–Trinajstić information content (AvgIpc) is 3.30. The molecule has 4 aromatic rings. The van der Waals surface area contributed by atoms with Gasteiger partial charge in [-0.2, -0.15) is 13.9 Å². The van der Waals surface area contributed by atoms with Crippen LogP contribution in [0, 0.1) is 0 Å². The molecule has 1 saturated heterocycles. The Morgan fingerprint density at radius 3 is 2.64 bits per heavy atom. The summed E-state index contributed by atoms with van der Waals surface area (Å²) in [6.45, 7) is 1.63. The second-order valence-electron chi connectivity index (χ2n) is 10.2. The third kappa shape index (κ3) is 6.15. The molecule has 0 unspecified atom stereocenters. The number of nitrogens with one attached hydrogen (secondary N) is 1. The van der Waals surface area contributed by atoms with Gasteiger partial charge in [0.1, 0.15) is 11.6 Å². The van der Waals surface area contributed by atoms with Crippen molar-refractivity contribution in [3.8, 4) is 16.9 Å². The number of hydrogen-bond donors (Lipinski definition) is 2. The largest absolute Gasteiger partial charge is 0.433 e. The lowest BCUT2D eigenvalue weighted by molar-refractivity contribution is -0.0494. The predicted molar refractivity (Wildman–Crippen MR) is 142 cm³/mol. The highest BCUT2D eigenvalue weighted by Crippen LogP contribution is 2.32. The van der Waals surface area contributed by atoms with Crippen molar-refractivity contribution in [1.29, 1.82) is 0 Å². The van der Waals surface area contributed by atoms with Crippen LogP contribution in [0.2, 0.25) is 0 Å². The summed E-state index contributed by atoms with van der Waals surface area (Å²) in [5, 5.41) is 19.2. The number of likely N-dealkylation sites (tertiary alicyclic amines) is 1. The van der Waals surface area contributed by atoms with Crippen molar-refractivity contribution in [1.82, 2.24) is 19.7 Å². The van der Waals surface area contributed by atoms with Gasteiger partial charge >= 0.3 is 6.61 Å². The maximum absolute atomic E-state index is 13.2. The second-order valence-corrected chi connectivity index (χ2v) is 10.2. The number of anilines is 2. The van der Waals surface area contributed by atoms with Gasteiger partial charge in [0.15, 0.2) is 0 Å². The number of aromatic nitrogens is 3. The van der Waals surface area contributed by atoms with Crippen LogP contribution in [0.4, 0.5) is 20.3 Å². The van der Waals surface area contributed by atoms with E-state index in [1.54, 1.807) is 55.1 Å². The lowest BCUT2D eigenvalue weighted by atomic mass is 10.0. The zero-order chi connectivity index (χ0) is 27.7. The Bertz CT molecular complexity index is 1500. The molecule has 2 aromatic carbocycles. The molecule has 0 aliphatic carbocycles. The number of methoxy groups -OCH3 is 1. The number of aliphatic hydroxyl groups is 1. The van der Waals surface area contributed by atoms with Gasteiger partial charge in [-0.05, 0) is 55.1 Å². The van der Waals surface area contributed by atoms with Gasteiger partial charge in [0.25, 0.3) is 5.91 Å². The van der Waals surface area contributed by atoms with Crippen LogP contribution in [0.25, 0.3) is 21.9 Å². The van der Waals surface area contributed by atoms with E-state index in [4.69, 9.17) is 9.47 Å². The molecule has 11 heteroatoms. The Hall–Kier alpha value is -4.09. The number of amides is 1. The van der Waals surface area contributed by atoms with Crippen molar-refractivity contribution in [2.45, 2.75) is 38.7 Å². The number of benzene rings is 2. The molecule has 204 valence electrons. The topological polar surface area (TPSA) is 102 Å². The number of rotatable bonds is 9. The molecule has 2 N–H and O–H groups in total. The first-order valence-electron chi connectivity index (χ1n) is 12.4. The van der Waals surface area contributed by atoms with Crippen molar-refractivity contribution in [2.75, 3.05) is 25.5 Å². The van der Waals surface area contributed by atoms with Gasteiger partial charge in [-0.3, -0.25) is 9.48 Å². The minimum absolute atomic E-state index is 0.0185. The van der Waals surface area contributed by atoms with E-state index in [9.17, 15) is 18.7 Å². The Kier molecular flexibility index (Phi) is 7.19. The van der Waals surface area contributed by atoms with Crippen LogP contribution in [0.5, 0.6) is 5.75 Å². The first kappa shape index (κ1) is 26.5. The zero-order valence-corrected chi connectivity index (χ0v) is 21.8. The minimum atomic E-state index is -3.07. The SMILES string of the molecule is COC1CN(C(=O)c2ccc(Nc3cc4cc(-c5cnn(CC(C)(C)O)c5)ccc4cn3)c(OC(F)F)c2)C1. The molecule has 5 rings (SSSR count). The summed E-state index contributed by atoms with van der Waals surface area (Å²) in [5.41, 5.74) is 1.42. The first-order valence-corrected chi connectivity index (χ1v) is 12.4. The van der Waals surface area contributed by atoms with Gasteiger partial charge in [-0.25, -0.2) is 4.98 Å². The summed E-state index contributed by atoms with van der Waals surface area (Å²) >= 11 is 0. The van der Waals surface area contributed by atoms with Crippen LogP contribution in [0.1, 0.15) is 24.2 Å². The summed E-state index contributed by atoms with van der Waals surface area (Å²) < 4.78 is 38.1. The fourth-order valence-electron chi connectivity index (χ4n) is 4.41. The molecule has 0 saturated carbocycles. The van der Waals surface area contributed by atoms with Crippen molar-refractivity contribution in [2.24, 2.45) is 0 Å². The van der Waals surface area contributed by atoms with Crippen molar-refractivity contribution < 1.29 is 28.2 Å². The Morgan fingerprint density at radius 2 is 1.92 bits per heavy atom. The summed E-state index contributed by atoms with van der Waals surface area (Å²) in [6, 6.07) is 12.1. The van der Waals surface area contributed by atoms with E-state index in [-0.39, 0.29) is 29.0 Å². The lowest BCUT2D eigenvalue weighted by Gasteiger charge is -2.38. The average molecular weight is 538 g/mol. The molecule has 2 aromatic heterocycles. The van der Waals surface area contributed by atoms with E-state index in [2.05, 4.69) is 15.4 Å². The predicted octanol–water partition coefficient (Wildman–Crippen LogP) is 4.69. The van der Waals surface area contributed by atoms with Gasteiger partial charge < -0.3 is 24.8 Å². The molecule has 1 fully saturated rings. The standard InChI is InChI=1S/C28H29F2N5O4/c1-28(2,37)16-35-13-21(12-32-35)17-4-5-19-11-31-25(10-20(19)8-17)33-23-7-6-18(9-24(23)39-27(29)30)26(36)34-14-22(15-34)38-3/h4-13,22,27,37H,14-16H2,1-3H3,(H,31,33). The van der Waals surface area contributed by atoms with Gasteiger partial charge in [-0.15, -0.1) is 0 Å². The van der Waals surface area contributed by atoms with Gasteiger partial charge in [0.05, 0.1) is 30.1 Å². The fourth-order valence-corrected chi connectivity index (χ4v) is 4.41. The number of halogens is 2. The smallest absolute Gasteiger partial charge is 0.387 e. The molecule has 1 aliphatic heterocycles. The van der Waals surface area contributed by atoms with E-state index >= 15 is 0 Å². The van der Waals surface area contributed by atoms with Crippen LogP contribution in [-0.2, 0) is 11.3 Å². The summed E-state index contributed by atoms with van der Waals surface area (Å²) in [6.07, 6.45) is 5.27. The molecule has 0 bridgehead atoms. The highest BCUT2D eigenvalue weighted by molar-refractivity contribution is 5.96. The van der Waals surface area contributed by atoms with Gasteiger partial charge in [0.2, 0.25) is 0 Å². The third-order valence-electron chi connectivity index (χ3n) is 6.41. The summed E-state index contributed by atoms with van der Waals surface area (Å²) in [5.74, 6) is -0.0213. The van der Waals surface area contributed by atoms with Gasteiger partial charge in [0, 0.05) is 49.1 Å². The van der Waals surface area contributed by atoms with Crippen LogP contribution < -0.4 is 10.1 Å². The number of pyridine rings is 1. The fraction of sp³-hybridized carbons (Fsp3) is 0.321. The van der Waals surface area contributed by atoms with E-state index in [1.165, 1.54) is 12.1 Å².